The van der Waals surface area contributed by atoms with E-state index in [9.17, 15) is 0 Å². The number of nitrogens with zero attached hydrogens (tertiary/aromatic N) is 1. The third kappa shape index (κ3) is 2.83. The fraction of sp³-hybridized carbons (Fsp3) is 0.571. The van der Waals surface area contributed by atoms with Crippen LogP contribution in [0, 0.1) is 0 Å². The van der Waals surface area contributed by atoms with E-state index in [4.69, 9.17) is 15.2 Å². The van der Waals surface area contributed by atoms with Gasteiger partial charge in [0.05, 0.1) is 13.7 Å². The lowest BCUT2D eigenvalue weighted by molar-refractivity contribution is 0.134. The molecule has 2 atom stereocenters. The number of nitrogens with two attached hydrogens (primary N) is 1. The maximum Gasteiger partial charge on any atom is 0.119 e. The van der Waals surface area contributed by atoms with Crippen LogP contribution in [0.4, 0.5) is 0 Å². The lowest BCUT2D eigenvalue weighted by atomic mass is 10.0. The number of hydrogen-bond acceptors (Lipinski definition) is 4. The molecule has 2 unspecified atom stereocenters. The summed E-state index contributed by atoms with van der Waals surface area (Å²) in [5, 5.41) is 0. The summed E-state index contributed by atoms with van der Waals surface area (Å²) < 4.78 is 10.7. The van der Waals surface area contributed by atoms with Crippen LogP contribution >= 0.6 is 0 Å². The van der Waals surface area contributed by atoms with Gasteiger partial charge in [0.2, 0.25) is 0 Å². The highest BCUT2D eigenvalue weighted by Gasteiger charge is 2.26. The first-order valence-corrected chi connectivity index (χ1v) is 6.40. The summed E-state index contributed by atoms with van der Waals surface area (Å²) in [5.74, 6) is 0.877. The molecule has 1 aliphatic heterocycles. The van der Waals surface area contributed by atoms with Gasteiger partial charge in [-0.1, -0.05) is 12.1 Å². The van der Waals surface area contributed by atoms with Crippen LogP contribution in [0.2, 0.25) is 0 Å². The third-order valence-corrected chi connectivity index (χ3v) is 3.68. The zero-order valence-corrected chi connectivity index (χ0v) is 11.1. The summed E-state index contributed by atoms with van der Waals surface area (Å²) >= 11 is 0. The molecule has 0 bridgehead atoms. The van der Waals surface area contributed by atoms with Gasteiger partial charge in [-0.25, -0.2) is 0 Å². The summed E-state index contributed by atoms with van der Waals surface area (Å²) in [7, 11) is 3.81. The van der Waals surface area contributed by atoms with Crippen LogP contribution in [0.3, 0.4) is 0 Å². The molecule has 4 nitrogen and oxygen atoms in total. The molecule has 0 spiro atoms. The lowest BCUT2D eigenvalue weighted by Gasteiger charge is -2.32. The van der Waals surface area contributed by atoms with Crippen molar-refractivity contribution in [3.8, 4) is 5.75 Å². The van der Waals surface area contributed by atoms with E-state index >= 15 is 0 Å². The Bertz CT molecular complexity index is 378. The van der Waals surface area contributed by atoms with Crippen molar-refractivity contribution >= 4 is 0 Å². The minimum atomic E-state index is 0.215. The molecule has 100 valence electrons. The van der Waals surface area contributed by atoms with Gasteiger partial charge in [0.15, 0.2) is 0 Å². The molecule has 1 saturated heterocycles. The van der Waals surface area contributed by atoms with Gasteiger partial charge in [-0.15, -0.1) is 0 Å². The van der Waals surface area contributed by atoms with Crippen molar-refractivity contribution in [1.29, 1.82) is 0 Å². The van der Waals surface area contributed by atoms with Crippen molar-refractivity contribution in [3.05, 3.63) is 29.8 Å². The number of ether oxygens (including phenoxy) is 2. The quantitative estimate of drug-likeness (QED) is 0.858. The molecule has 2 N–H and O–H groups in total. The second kappa shape index (κ2) is 6.18. The molecule has 0 amide bonds. The average Bonchev–Trinajstić information content (AvgIpc) is 2.93. The largest absolute Gasteiger partial charge is 0.497 e. The fourth-order valence-electron chi connectivity index (χ4n) is 2.48. The zero-order valence-electron chi connectivity index (χ0n) is 11.1. The van der Waals surface area contributed by atoms with Crippen molar-refractivity contribution in [1.82, 2.24) is 4.90 Å². The van der Waals surface area contributed by atoms with Gasteiger partial charge in [0, 0.05) is 25.2 Å². The van der Waals surface area contributed by atoms with Gasteiger partial charge < -0.3 is 15.2 Å². The number of methoxy groups -OCH3 is 1. The molecule has 18 heavy (non-hydrogen) atoms. The number of benzene rings is 1. The average molecular weight is 250 g/mol. The first kappa shape index (κ1) is 13.3. The Morgan fingerprint density at radius 3 is 3.00 bits per heavy atom. The van der Waals surface area contributed by atoms with E-state index in [1.54, 1.807) is 7.11 Å². The molecule has 1 fully saturated rings. The first-order valence-electron chi connectivity index (χ1n) is 6.40. The first-order chi connectivity index (χ1) is 8.76. The summed E-state index contributed by atoms with van der Waals surface area (Å²) in [4.78, 5) is 2.32. The molecule has 0 aliphatic carbocycles. The van der Waals surface area contributed by atoms with E-state index in [2.05, 4.69) is 24.1 Å². The van der Waals surface area contributed by atoms with Crippen LogP contribution < -0.4 is 10.5 Å². The van der Waals surface area contributed by atoms with Crippen molar-refractivity contribution in [2.75, 3.05) is 33.9 Å². The maximum atomic E-state index is 5.94. The normalized spacial score (nSPS) is 21.2. The van der Waals surface area contributed by atoms with E-state index in [-0.39, 0.29) is 6.04 Å². The van der Waals surface area contributed by atoms with E-state index in [0.717, 1.165) is 25.4 Å². The van der Waals surface area contributed by atoms with Crippen molar-refractivity contribution in [2.24, 2.45) is 5.73 Å². The van der Waals surface area contributed by atoms with E-state index < -0.39 is 0 Å². The number of hydrogen-bond donors (Lipinski definition) is 1. The Balaban J connectivity index is 2.15. The van der Waals surface area contributed by atoms with Crippen molar-refractivity contribution in [2.45, 2.75) is 18.5 Å². The molecule has 4 heteroatoms. The molecule has 1 aromatic carbocycles. The van der Waals surface area contributed by atoms with Gasteiger partial charge in [-0.05, 0) is 31.2 Å². The molecular formula is C14H22N2O2. The third-order valence-electron chi connectivity index (χ3n) is 3.68. The smallest absolute Gasteiger partial charge is 0.119 e. The van der Waals surface area contributed by atoms with Gasteiger partial charge in [0.1, 0.15) is 5.75 Å². The second-order valence-corrected chi connectivity index (χ2v) is 4.71. The van der Waals surface area contributed by atoms with Crippen LogP contribution in [-0.2, 0) is 4.74 Å². The highest BCUT2D eigenvalue weighted by Crippen LogP contribution is 2.26. The van der Waals surface area contributed by atoms with E-state index in [0.29, 0.717) is 12.6 Å². The summed E-state index contributed by atoms with van der Waals surface area (Å²) in [6, 6.07) is 8.80. The highest BCUT2D eigenvalue weighted by molar-refractivity contribution is 5.30. The summed E-state index contributed by atoms with van der Waals surface area (Å²) in [5.41, 5.74) is 7.14. The lowest BCUT2D eigenvalue weighted by Crippen LogP contribution is -2.38. The van der Waals surface area contributed by atoms with Crippen molar-refractivity contribution < 1.29 is 9.47 Å². The highest BCUT2D eigenvalue weighted by atomic mass is 16.5. The van der Waals surface area contributed by atoms with Crippen LogP contribution in [0.15, 0.2) is 24.3 Å². The number of likely N-dealkylation sites (N-methyl/N-ethyl adjacent to an activating group) is 1. The van der Waals surface area contributed by atoms with E-state index in [1.165, 1.54) is 5.56 Å². The Morgan fingerprint density at radius 1 is 1.56 bits per heavy atom. The van der Waals surface area contributed by atoms with Crippen LogP contribution in [0.25, 0.3) is 0 Å². The summed E-state index contributed by atoms with van der Waals surface area (Å²) in [6.07, 6.45) is 1.08. The van der Waals surface area contributed by atoms with Crippen LogP contribution in [0.1, 0.15) is 18.0 Å². The van der Waals surface area contributed by atoms with Gasteiger partial charge in [-0.3, -0.25) is 4.90 Å². The summed E-state index contributed by atoms with van der Waals surface area (Å²) in [6.45, 7) is 2.25. The molecule has 0 radical (unpaired) electrons. The molecule has 1 heterocycles. The minimum Gasteiger partial charge on any atom is -0.497 e. The Hall–Kier alpha value is -1.10. The second-order valence-electron chi connectivity index (χ2n) is 4.71. The fourth-order valence-corrected chi connectivity index (χ4v) is 2.48. The predicted octanol–water partition coefficient (Wildman–Crippen LogP) is 1.42. The molecule has 2 rings (SSSR count). The van der Waals surface area contributed by atoms with Crippen LogP contribution in [0.5, 0.6) is 5.75 Å². The topological polar surface area (TPSA) is 47.7 Å². The molecule has 0 aromatic heterocycles. The zero-order chi connectivity index (χ0) is 13.0. The minimum absolute atomic E-state index is 0.215. The van der Waals surface area contributed by atoms with Gasteiger partial charge >= 0.3 is 0 Å². The monoisotopic (exact) mass is 250 g/mol. The molecule has 1 aromatic rings. The van der Waals surface area contributed by atoms with Crippen molar-refractivity contribution in [3.63, 3.8) is 0 Å². The van der Waals surface area contributed by atoms with Gasteiger partial charge in [-0.2, -0.15) is 0 Å². The Morgan fingerprint density at radius 2 is 2.39 bits per heavy atom. The molecule has 1 aliphatic rings. The Labute approximate surface area is 109 Å². The number of rotatable bonds is 5. The molecule has 0 saturated carbocycles. The predicted molar refractivity (Wildman–Crippen MR) is 71.8 cm³/mol. The van der Waals surface area contributed by atoms with Crippen LogP contribution in [-0.4, -0.2) is 44.9 Å². The standard InChI is InChI=1S/C14H22N2O2/c1-16(12-6-7-18-10-12)14(9-15)11-4-3-5-13(8-11)17-2/h3-5,8,12,14H,6-7,9-10,15H2,1-2H3. The van der Waals surface area contributed by atoms with Gasteiger partial charge in [0.25, 0.3) is 0 Å². The Kier molecular flexibility index (Phi) is 4.58. The maximum absolute atomic E-state index is 5.94. The molecular weight excluding hydrogens is 228 g/mol. The van der Waals surface area contributed by atoms with E-state index in [1.807, 2.05) is 12.1 Å². The SMILES string of the molecule is COc1cccc(C(CN)N(C)C2CCOC2)c1.